The van der Waals surface area contributed by atoms with E-state index in [2.05, 4.69) is 5.73 Å². The number of carbonyl (C=O) groups is 1. The largest absolute Gasteiger partial charge is 0.416 e. The van der Waals surface area contributed by atoms with Gasteiger partial charge in [0.1, 0.15) is 5.60 Å². The molecular weight excluding hydrogens is 230 g/mol. The Morgan fingerprint density at radius 3 is 2.00 bits per heavy atom. The molecule has 0 aromatic rings. The van der Waals surface area contributed by atoms with Gasteiger partial charge in [0, 0.05) is 12.1 Å². The van der Waals surface area contributed by atoms with Crippen LogP contribution in [0.1, 0.15) is 48.5 Å². The zero-order chi connectivity index (χ0) is 14.5. The first-order chi connectivity index (χ1) is 8.11. The molecule has 18 heavy (non-hydrogen) atoms. The maximum atomic E-state index is 12.1. The van der Waals surface area contributed by atoms with Crippen LogP contribution in [0.4, 0.5) is 4.79 Å². The zero-order valence-corrected chi connectivity index (χ0v) is 12.4. The Morgan fingerprint density at radius 1 is 1.28 bits per heavy atom. The Hall–Kier alpha value is -1.25. The van der Waals surface area contributed by atoms with Gasteiger partial charge in [0.2, 0.25) is 0 Å². The SMILES string of the molecule is CC=C=C(OC(=O)N(C(C)C)C(C)C)C(C)(C)O. The molecule has 1 amide bonds. The van der Waals surface area contributed by atoms with Crippen molar-refractivity contribution in [3.05, 3.63) is 17.6 Å². The number of nitrogens with zero attached hydrogens (tertiary/aromatic N) is 1. The monoisotopic (exact) mass is 255 g/mol. The van der Waals surface area contributed by atoms with Crippen LogP contribution in [-0.2, 0) is 4.74 Å². The van der Waals surface area contributed by atoms with Crippen molar-refractivity contribution in [3.63, 3.8) is 0 Å². The third-order valence-corrected chi connectivity index (χ3v) is 2.34. The van der Waals surface area contributed by atoms with Crippen LogP contribution in [-0.4, -0.2) is 33.8 Å². The van der Waals surface area contributed by atoms with E-state index in [1.165, 1.54) is 0 Å². The van der Waals surface area contributed by atoms with Crippen LogP contribution in [0.15, 0.2) is 17.6 Å². The van der Waals surface area contributed by atoms with Gasteiger partial charge in [0.15, 0.2) is 5.76 Å². The molecule has 0 aliphatic rings. The maximum absolute atomic E-state index is 12.1. The van der Waals surface area contributed by atoms with Crippen LogP contribution in [0.25, 0.3) is 0 Å². The molecule has 0 aliphatic carbocycles. The minimum atomic E-state index is -1.23. The highest BCUT2D eigenvalue weighted by atomic mass is 16.6. The molecule has 0 bridgehead atoms. The van der Waals surface area contributed by atoms with Crippen molar-refractivity contribution in [1.82, 2.24) is 4.90 Å². The van der Waals surface area contributed by atoms with Crippen molar-refractivity contribution in [2.75, 3.05) is 0 Å². The van der Waals surface area contributed by atoms with Crippen LogP contribution in [0, 0.1) is 0 Å². The molecule has 0 heterocycles. The molecule has 0 fully saturated rings. The van der Waals surface area contributed by atoms with E-state index < -0.39 is 11.7 Å². The van der Waals surface area contributed by atoms with Crippen LogP contribution in [0.3, 0.4) is 0 Å². The highest BCUT2D eigenvalue weighted by molar-refractivity contribution is 5.69. The van der Waals surface area contributed by atoms with E-state index in [0.717, 1.165) is 0 Å². The first-order valence-corrected chi connectivity index (χ1v) is 6.25. The van der Waals surface area contributed by atoms with E-state index in [4.69, 9.17) is 4.74 Å². The summed E-state index contributed by atoms with van der Waals surface area (Å²) in [4.78, 5) is 13.7. The summed E-state index contributed by atoms with van der Waals surface area (Å²) in [6.45, 7) is 12.5. The van der Waals surface area contributed by atoms with E-state index >= 15 is 0 Å². The second-order valence-corrected chi connectivity index (χ2v) is 5.28. The minimum Gasteiger partial charge on any atom is -0.403 e. The molecule has 0 aromatic heterocycles. The van der Waals surface area contributed by atoms with Crippen molar-refractivity contribution in [2.45, 2.75) is 66.2 Å². The lowest BCUT2D eigenvalue weighted by atomic mass is 10.1. The van der Waals surface area contributed by atoms with Crippen LogP contribution >= 0.6 is 0 Å². The molecule has 0 aliphatic heterocycles. The summed E-state index contributed by atoms with van der Waals surface area (Å²) in [5, 5.41) is 9.90. The highest BCUT2D eigenvalue weighted by Crippen LogP contribution is 2.18. The first kappa shape index (κ1) is 16.8. The summed E-state index contributed by atoms with van der Waals surface area (Å²) >= 11 is 0. The smallest absolute Gasteiger partial charge is 0.403 e. The molecule has 4 nitrogen and oxygen atoms in total. The summed E-state index contributed by atoms with van der Waals surface area (Å²) in [5.74, 6) is 0.126. The number of carbonyl (C=O) groups excluding carboxylic acids is 1. The molecule has 0 radical (unpaired) electrons. The van der Waals surface area contributed by atoms with Crippen molar-refractivity contribution in [2.24, 2.45) is 0 Å². The Labute approximate surface area is 110 Å². The van der Waals surface area contributed by atoms with Gasteiger partial charge in [-0.3, -0.25) is 0 Å². The Balaban J connectivity index is 5.08. The third-order valence-electron chi connectivity index (χ3n) is 2.34. The third kappa shape index (κ3) is 4.94. The molecular formula is C14H25NO3. The number of hydrogen-bond donors (Lipinski definition) is 1. The van der Waals surface area contributed by atoms with Gasteiger partial charge in [-0.25, -0.2) is 4.79 Å². The average Bonchev–Trinajstić information content (AvgIpc) is 2.13. The van der Waals surface area contributed by atoms with Gasteiger partial charge in [0.05, 0.1) is 0 Å². The van der Waals surface area contributed by atoms with E-state index in [-0.39, 0.29) is 17.8 Å². The lowest BCUT2D eigenvalue weighted by Crippen LogP contribution is -2.43. The summed E-state index contributed by atoms with van der Waals surface area (Å²) < 4.78 is 5.25. The van der Waals surface area contributed by atoms with E-state index in [1.54, 1.807) is 31.7 Å². The van der Waals surface area contributed by atoms with Gasteiger partial charge >= 0.3 is 6.09 Å². The van der Waals surface area contributed by atoms with Crippen LogP contribution in [0.5, 0.6) is 0 Å². The summed E-state index contributed by atoms with van der Waals surface area (Å²) in [6.07, 6.45) is 1.14. The van der Waals surface area contributed by atoms with Crippen molar-refractivity contribution >= 4 is 6.09 Å². The maximum Gasteiger partial charge on any atom is 0.416 e. The fourth-order valence-electron chi connectivity index (χ4n) is 1.62. The summed E-state index contributed by atoms with van der Waals surface area (Å²) in [7, 11) is 0. The van der Waals surface area contributed by atoms with Gasteiger partial charge in [-0.05, 0) is 54.5 Å². The zero-order valence-electron chi connectivity index (χ0n) is 12.4. The molecule has 104 valence electrons. The highest BCUT2D eigenvalue weighted by Gasteiger charge is 2.28. The molecule has 0 spiro atoms. The van der Waals surface area contributed by atoms with Crippen molar-refractivity contribution in [1.29, 1.82) is 0 Å². The molecule has 0 saturated heterocycles. The Bertz CT molecular complexity index is 337. The second-order valence-electron chi connectivity index (χ2n) is 5.28. The fourth-order valence-corrected chi connectivity index (χ4v) is 1.62. The minimum absolute atomic E-state index is 0.0335. The van der Waals surface area contributed by atoms with Crippen molar-refractivity contribution < 1.29 is 14.6 Å². The first-order valence-electron chi connectivity index (χ1n) is 6.25. The summed E-state index contributed by atoms with van der Waals surface area (Å²) in [6, 6.07) is 0.0670. The summed E-state index contributed by atoms with van der Waals surface area (Å²) in [5.41, 5.74) is 1.52. The lowest BCUT2D eigenvalue weighted by molar-refractivity contribution is 0.0380. The molecule has 1 N–H and O–H groups in total. The Morgan fingerprint density at radius 2 is 1.72 bits per heavy atom. The topological polar surface area (TPSA) is 49.8 Å². The van der Waals surface area contributed by atoms with E-state index in [1.807, 2.05) is 27.7 Å². The standard InChI is InChI=1S/C14H25NO3/c1-8-9-12(14(6,7)17)18-13(16)15(10(2)3)11(4)5/h8,10-11,17H,1-7H3. The number of ether oxygens (including phenoxy) is 1. The molecule has 0 saturated carbocycles. The number of rotatable bonds is 4. The van der Waals surface area contributed by atoms with Crippen molar-refractivity contribution in [3.8, 4) is 0 Å². The Kier molecular flexibility index (Phi) is 6.16. The molecule has 4 heteroatoms. The van der Waals surface area contributed by atoms with Gasteiger partial charge in [0.25, 0.3) is 0 Å². The van der Waals surface area contributed by atoms with Gasteiger partial charge in [-0.2, -0.15) is 0 Å². The second kappa shape index (κ2) is 6.62. The van der Waals surface area contributed by atoms with Gasteiger partial charge in [-0.1, -0.05) is 5.73 Å². The van der Waals surface area contributed by atoms with Gasteiger partial charge < -0.3 is 14.7 Å². The molecule has 0 aromatic carbocycles. The van der Waals surface area contributed by atoms with Gasteiger partial charge in [-0.15, -0.1) is 0 Å². The quantitative estimate of drug-likeness (QED) is 0.620. The normalized spacial score (nSPS) is 11.2. The predicted molar refractivity (Wildman–Crippen MR) is 72.2 cm³/mol. The molecule has 0 rings (SSSR count). The molecule has 0 unspecified atom stereocenters. The number of hydrogen-bond acceptors (Lipinski definition) is 3. The average molecular weight is 255 g/mol. The van der Waals surface area contributed by atoms with E-state index in [9.17, 15) is 9.90 Å². The van der Waals surface area contributed by atoms with Crippen LogP contribution < -0.4 is 0 Å². The molecule has 0 atom stereocenters. The van der Waals surface area contributed by atoms with Crippen LogP contribution in [0.2, 0.25) is 0 Å². The lowest BCUT2D eigenvalue weighted by Gasteiger charge is -2.31. The predicted octanol–water partition coefficient (Wildman–Crippen LogP) is 3.07. The van der Waals surface area contributed by atoms with E-state index in [0.29, 0.717) is 0 Å². The number of aliphatic hydroxyl groups is 1. The fraction of sp³-hybridized carbons (Fsp3) is 0.714. The number of amides is 1.